The summed E-state index contributed by atoms with van der Waals surface area (Å²) in [5, 5.41) is 3.18. The van der Waals surface area contributed by atoms with Crippen molar-refractivity contribution in [2.24, 2.45) is 0 Å². The molecule has 0 aromatic heterocycles. The highest BCUT2D eigenvalue weighted by Crippen LogP contribution is 2.11. The summed E-state index contributed by atoms with van der Waals surface area (Å²) in [7, 11) is 0. The minimum Gasteiger partial charge on any atom is -0.465 e. The van der Waals surface area contributed by atoms with E-state index in [1.807, 2.05) is 42.2 Å². The zero-order valence-electron chi connectivity index (χ0n) is 14.7. The molecular weight excluding hydrogens is 304 g/mol. The zero-order valence-corrected chi connectivity index (χ0v) is 14.7. The van der Waals surface area contributed by atoms with Gasteiger partial charge in [0.15, 0.2) is 0 Å². The van der Waals surface area contributed by atoms with Crippen LogP contribution in [-0.4, -0.2) is 48.6 Å². The van der Waals surface area contributed by atoms with Crippen molar-refractivity contribution in [1.29, 1.82) is 0 Å². The lowest BCUT2D eigenvalue weighted by molar-refractivity contribution is -0.146. The van der Waals surface area contributed by atoms with Crippen LogP contribution in [0.2, 0.25) is 0 Å². The molecule has 2 unspecified atom stereocenters. The van der Waals surface area contributed by atoms with Crippen LogP contribution in [0.15, 0.2) is 30.3 Å². The van der Waals surface area contributed by atoms with E-state index in [9.17, 15) is 9.59 Å². The van der Waals surface area contributed by atoms with Crippen molar-refractivity contribution in [3.05, 3.63) is 35.9 Å². The van der Waals surface area contributed by atoms with Crippen LogP contribution < -0.4 is 5.32 Å². The molecule has 0 bridgehead atoms. The molecule has 0 aliphatic carbocycles. The Kier molecular flexibility index (Phi) is 7.25. The number of ether oxygens (including phenoxy) is 1. The van der Waals surface area contributed by atoms with Crippen molar-refractivity contribution in [3.63, 3.8) is 0 Å². The van der Waals surface area contributed by atoms with Gasteiger partial charge in [0, 0.05) is 13.1 Å². The van der Waals surface area contributed by atoms with Crippen molar-refractivity contribution < 1.29 is 14.3 Å². The molecule has 24 heavy (non-hydrogen) atoms. The average Bonchev–Trinajstić information content (AvgIpc) is 3.13. The summed E-state index contributed by atoms with van der Waals surface area (Å²) in [6, 6.07) is 9.19. The third-order valence-electron chi connectivity index (χ3n) is 4.37. The molecule has 1 aliphatic rings. The topological polar surface area (TPSA) is 58.6 Å². The Balaban J connectivity index is 1.94. The fourth-order valence-electron chi connectivity index (χ4n) is 3.05. The normalized spacial score (nSPS) is 16.7. The molecule has 1 aromatic rings. The Morgan fingerprint density at radius 2 is 1.88 bits per heavy atom. The van der Waals surface area contributed by atoms with Gasteiger partial charge in [0.25, 0.3) is 0 Å². The van der Waals surface area contributed by atoms with E-state index < -0.39 is 6.04 Å². The van der Waals surface area contributed by atoms with Gasteiger partial charge in [-0.1, -0.05) is 30.3 Å². The number of benzene rings is 1. The predicted molar refractivity (Wildman–Crippen MR) is 93.6 cm³/mol. The third kappa shape index (κ3) is 5.34. The summed E-state index contributed by atoms with van der Waals surface area (Å²) in [6.45, 7) is 5.61. The number of likely N-dealkylation sites (tertiary alicyclic amines) is 1. The number of rotatable bonds is 8. The van der Waals surface area contributed by atoms with Crippen LogP contribution in [-0.2, 0) is 20.7 Å². The number of nitrogens with zero attached hydrogens (tertiary/aromatic N) is 1. The van der Waals surface area contributed by atoms with E-state index in [0.29, 0.717) is 13.0 Å². The lowest BCUT2D eigenvalue weighted by Crippen LogP contribution is -2.50. The molecule has 1 amide bonds. The van der Waals surface area contributed by atoms with Crippen LogP contribution in [0.25, 0.3) is 0 Å². The van der Waals surface area contributed by atoms with Gasteiger partial charge in [0.1, 0.15) is 6.04 Å². The highest BCUT2D eigenvalue weighted by Gasteiger charge is 2.28. The van der Waals surface area contributed by atoms with E-state index in [1.165, 1.54) is 5.56 Å². The third-order valence-corrected chi connectivity index (χ3v) is 4.37. The van der Waals surface area contributed by atoms with Crippen molar-refractivity contribution in [1.82, 2.24) is 10.2 Å². The second-order valence-electron chi connectivity index (χ2n) is 6.25. The number of amides is 1. The molecule has 1 aromatic carbocycles. The van der Waals surface area contributed by atoms with Crippen LogP contribution in [0.4, 0.5) is 0 Å². The number of aryl methyl sites for hydroxylation is 1. The second kappa shape index (κ2) is 9.42. The Bertz CT molecular complexity index is 527. The van der Waals surface area contributed by atoms with Gasteiger partial charge in [-0.25, -0.2) is 0 Å². The minimum atomic E-state index is -0.466. The van der Waals surface area contributed by atoms with Gasteiger partial charge in [-0.2, -0.15) is 0 Å². The van der Waals surface area contributed by atoms with Crippen LogP contribution in [0, 0.1) is 0 Å². The molecule has 1 aliphatic heterocycles. The molecular formula is C19H28N2O3. The lowest BCUT2D eigenvalue weighted by atomic mass is 10.0. The van der Waals surface area contributed by atoms with Gasteiger partial charge >= 0.3 is 5.97 Å². The average molecular weight is 332 g/mol. The molecule has 132 valence electrons. The van der Waals surface area contributed by atoms with Crippen LogP contribution >= 0.6 is 0 Å². The Morgan fingerprint density at radius 1 is 1.21 bits per heavy atom. The monoisotopic (exact) mass is 332 g/mol. The molecule has 1 heterocycles. The smallest absolute Gasteiger partial charge is 0.323 e. The van der Waals surface area contributed by atoms with Crippen molar-refractivity contribution >= 4 is 11.9 Å². The summed E-state index contributed by atoms with van der Waals surface area (Å²) in [6.07, 6.45) is 3.50. The van der Waals surface area contributed by atoms with E-state index in [1.54, 1.807) is 6.92 Å². The summed E-state index contributed by atoms with van der Waals surface area (Å²) in [4.78, 5) is 26.6. The van der Waals surface area contributed by atoms with Crippen molar-refractivity contribution in [2.75, 3.05) is 19.7 Å². The Hall–Kier alpha value is -1.88. The van der Waals surface area contributed by atoms with Gasteiger partial charge in [0.05, 0.1) is 12.6 Å². The van der Waals surface area contributed by atoms with Crippen LogP contribution in [0.3, 0.4) is 0 Å². The number of hydrogen-bond donors (Lipinski definition) is 1. The summed E-state index contributed by atoms with van der Waals surface area (Å²) in [5.74, 6) is -0.212. The van der Waals surface area contributed by atoms with Crippen LogP contribution in [0.1, 0.15) is 38.7 Å². The molecule has 2 rings (SSSR count). The first-order chi connectivity index (χ1) is 11.6. The quantitative estimate of drug-likeness (QED) is 0.741. The maximum Gasteiger partial charge on any atom is 0.323 e. The van der Waals surface area contributed by atoms with Crippen molar-refractivity contribution in [3.8, 4) is 0 Å². The number of carbonyl (C=O) groups excluding carboxylic acids is 2. The number of esters is 1. The fraction of sp³-hybridized carbons (Fsp3) is 0.579. The molecule has 1 fully saturated rings. The molecule has 1 N–H and O–H groups in total. The van der Waals surface area contributed by atoms with E-state index >= 15 is 0 Å². The fourth-order valence-corrected chi connectivity index (χ4v) is 3.05. The first-order valence-corrected chi connectivity index (χ1v) is 8.87. The Morgan fingerprint density at radius 3 is 2.50 bits per heavy atom. The minimum absolute atomic E-state index is 0.0708. The highest BCUT2D eigenvalue weighted by atomic mass is 16.5. The van der Waals surface area contributed by atoms with Gasteiger partial charge in [-0.3, -0.25) is 14.9 Å². The number of carbonyl (C=O) groups is 2. The first-order valence-electron chi connectivity index (χ1n) is 8.87. The molecule has 0 radical (unpaired) electrons. The summed E-state index contributed by atoms with van der Waals surface area (Å²) in [5.41, 5.74) is 1.17. The van der Waals surface area contributed by atoms with Gasteiger partial charge in [-0.05, 0) is 45.1 Å². The molecule has 1 saturated heterocycles. The SMILES string of the molecule is CCOC(=O)C(CCc1ccccc1)NC(C)C(=O)N1CCCC1. The predicted octanol–water partition coefficient (Wildman–Crippen LogP) is 2.15. The van der Waals surface area contributed by atoms with E-state index in [-0.39, 0.29) is 17.9 Å². The molecule has 2 atom stereocenters. The number of hydrogen-bond acceptors (Lipinski definition) is 4. The maximum absolute atomic E-state index is 12.4. The summed E-state index contributed by atoms with van der Waals surface area (Å²) < 4.78 is 5.17. The highest BCUT2D eigenvalue weighted by molar-refractivity contribution is 5.83. The molecule has 0 saturated carbocycles. The molecule has 5 heteroatoms. The van der Waals surface area contributed by atoms with Crippen LogP contribution in [0.5, 0.6) is 0 Å². The lowest BCUT2D eigenvalue weighted by Gasteiger charge is -2.25. The van der Waals surface area contributed by atoms with E-state index in [4.69, 9.17) is 4.74 Å². The van der Waals surface area contributed by atoms with Gasteiger partial charge in [0.2, 0.25) is 5.91 Å². The molecule has 5 nitrogen and oxygen atoms in total. The molecule has 0 spiro atoms. The maximum atomic E-state index is 12.4. The Labute approximate surface area is 144 Å². The second-order valence-corrected chi connectivity index (χ2v) is 6.25. The van der Waals surface area contributed by atoms with E-state index in [2.05, 4.69) is 5.32 Å². The van der Waals surface area contributed by atoms with E-state index in [0.717, 1.165) is 32.4 Å². The largest absolute Gasteiger partial charge is 0.465 e. The number of nitrogens with one attached hydrogen (secondary N) is 1. The van der Waals surface area contributed by atoms with Gasteiger partial charge in [-0.15, -0.1) is 0 Å². The standard InChI is InChI=1S/C19H28N2O3/c1-3-24-19(23)17(12-11-16-9-5-4-6-10-16)20-15(2)18(22)21-13-7-8-14-21/h4-6,9-10,15,17,20H,3,7-8,11-14H2,1-2H3. The summed E-state index contributed by atoms with van der Waals surface area (Å²) >= 11 is 0. The zero-order chi connectivity index (χ0) is 17.4. The van der Waals surface area contributed by atoms with Crippen molar-refractivity contribution in [2.45, 2.75) is 51.6 Å². The first kappa shape index (κ1) is 18.5. The van der Waals surface area contributed by atoms with Gasteiger partial charge < -0.3 is 9.64 Å².